The van der Waals surface area contributed by atoms with Crippen molar-refractivity contribution in [3.63, 3.8) is 0 Å². The third kappa shape index (κ3) is 4.88. The molecule has 0 saturated heterocycles. The molecule has 23 heavy (non-hydrogen) atoms. The predicted octanol–water partition coefficient (Wildman–Crippen LogP) is 3.52. The zero-order chi connectivity index (χ0) is 17.0. The number of nitrogens with one attached hydrogen (secondary N) is 3. The molecule has 3 N–H and O–H groups in total. The monoisotopic (exact) mass is 401 g/mol. The Morgan fingerprint density at radius 2 is 2.04 bits per heavy atom. The van der Waals surface area contributed by atoms with Crippen LogP contribution in [0.4, 0.5) is 4.39 Å². The van der Waals surface area contributed by atoms with Gasteiger partial charge in [0.2, 0.25) is 0 Å². The topological polar surface area (TPSA) is 53.2 Å². The first-order chi connectivity index (χ1) is 10.9. The number of carbonyl (C=O) groups excluding carboxylic acids is 1. The van der Waals surface area contributed by atoms with Crippen LogP contribution in [-0.2, 0) is 0 Å². The molecule has 0 unspecified atom stereocenters. The van der Waals surface area contributed by atoms with E-state index < -0.39 is 5.82 Å². The Balaban J connectivity index is 1.85. The number of hydrogen-bond acceptors (Lipinski definition) is 2. The number of hydrazine groups is 1. The highest BCUT2D eigenvalue weighted by molar-refractivity contribution is 9.10. The maximum Gasteiger partial charge on any atom is 0.270 e. The van der Waals surface area contributed by atoms with Crippen molar-refractivity contribution in [3.05, 3.63) is 34.1 Å². The molecule has 1 fully saturated rings. The molecule has 0 aliphatic heterocycles. The smallest absolute Gasteiger partial charge is 0.270 e. The summed E-state index contributed by atoms with van der Waals surface area (Å²) in [5, 5.41) is 3.65. The van der Waals surface area contributed by atoms with E-state index in [-0.39, 0.29) is 5.91 Å². The van der Waals surface area contributed by atoms with Crippen LogP contribution in [0.3, 0.4) is 0 Å². The van der Waals surface area contributed by atoms with Crippen LogP contribution in [-0.4, -0.2) is 17.1 Å². The van der Waals surface area contributed by atoms with Crippen LogP contribution in [0.15, 0.2) is 22.7 Å². The van der Waals surface area contributed by atoms with Crippen molar-refractivity contribution < 1.29 is 9.18 Å². The van der Waals surface area contributed by atoms with Gasteiger partial charge in [-0.2, -0.15) is 0 Å². The fraction of sp³-hybridized carbons (Fsp3) is 0.500. The number of thiocarbonyl (C=S) groups is 1. The van der Waals surface area contributed by atoms with Gasteiger partial charge in [-0.25, -0.2) is 4.39 Å². The summed E-state index contributed by atoms with van der Waals surface area (Å²) in [7, 11) is 0. The SMILES string of the molecule is C[C@@H]1[C@@H](C)CCC[C@H]1NC(=S)NNC(=O)c1ccc(F)cc1Br. The molecule has 0 bridgehead atoms. The van der Waals surface area contributed by atoms with Gasteiger partial charge in [-0.05, 0) is 64.6 Å². The van der Waals surface area contributed by atoms with Crippen LogP contribution in [0.5, 0.6) is 0 Å². The average molecular weight is 402 g/mol. The van der Waals surface area contributed by atoms with Crippen LogP contribution < -0.4 is 16.2 Å². The van der Waals surface area contributed by atoms with Crippen molar-refractivity contribution >= 4 is 39.2 Å². The van der Waals surface area contributed by atoms with Gasteiger partial charge < -0.3 is 5.32 Å². The van der Waals surface area contributed by atoms with E-state index in [9.17, 15) is 9.18 Å². The minimum absolute atomic E-state index is 0.313. The molecule has 1 aliphatic rings. The van der Waals surface area contributed by atoms with Crippen molar-refractivity contribution in [3.8, 4) is 0 Å². The van der Waals surface area contributed by atoms with Gasteiger partial charge in [0.1, 0.15) is 5.82 Å². The standard InChI is InChI=1S/C16H21BrFN3OS/c1-9-4-3-5-14(10(9)2)19-16(23)21-20-15(22)12-7-6-11(18)8-13(12)17/h6-10,14H,3-5H2,1-2H3,(H,20,22)(H2,19,21,23)/t9-,10+,14+/m0/s1. The number of carbonyl (C=O) groups is 1. The quantitative estimate of drug-likeness (QED) is 0.524. The number of amides is 1. The molecular formula is C16H21BrFN3OS. The highest BCUT2D eigenvalue weighted by Crippen LogP contribution is 2.29. The van der Waals surface area contributed by atoms with E-state index >= 15 is 0 Å². The Morgan fingerprint density at radius 1 is 1.30 bits per heavy atom. The van der Waals surface area contributed by atoms with E-state index in [1.165, 1.54) is 31.0 Å². The van der Waals surface area contributed by atoms with Crippen molar-refractivity contribution in [2.24, 2.45) is 11.8 Å². The van der Waals surface area contributed by atoms with Gasteiger partial charge in [0.05, 0.1) is 5.56 Å². The third-order valence-corrected chi connectivity index (χ3v) is 5.36. The predicted molar refractivity (Wildman–Crippen MR) is 96.4 cm³/mol. The first-order valence-electron chi connectivity index (χ1n) is 7.70. The van der Waals surface area contributed by atoms with Crippen molar-refractivity contribution in [2.45, 2.75) is 39.2 Å². The highest BCUT2D eigenvalue weighted by Gasteiger charge is 2.27. The van der Waals surface area contributed by atoms with Gasteiger partial charge in [0.15, 0.2) is 5.11 Å². The molecule has 0 aromatic heterocycles. The largest absolute Gasteiger partial charge is 0.358 e. The lowest BCUT2D eigenvalue weighted by Crippen LogP contribution is -2.52. The molecule has 1 aromatic rings. The Kier molecular flexibility index (Phi) is 6.35. The van der Waals surface area contributed by atoms with E-state index in [2.05, 4.69) is 45.9 Å². The molecule has 4 nitrogen and oxygen atoms in total. The third-order valence-electron chi connectivity index (χ3n) is 4.49. The second-order valence-corrected chi connectivity index (χ2v) is 7.31. The molecule has 1 aliphatic carbocycles. The van der Waals surface area contributed by atoms with Gasteiger partial charge in [-0.3, -0.25) is 15.6 Å². The van der Waals surface area contributed by atoms with Gasteiger partial charge >= 0.3 is 0 Å². The van der Waals surface area contributed by atoms with E-state index in [0.717, 1.165) is 6.42 Å². The maximum absolute atomic E-state index is 13.0. The Hall–Kier alpha value is -1.21. The molecule has 1 aromatic carbocycles. The maximum atomic E-state index is 13.0. The highest BCUT2D eigenvalue weighted by atomic mass is 79.9. The summed E-state index contributed by atoms with van der Waals surface area (Å²) in [6.45, 7) is 4.47. The van der Waals surface area contributed by atoms with E-state index in [1.54, 1.807) is 0 Å². The molecule has 0 heterocycles. The zero-order valence-corrected chi connectivity index (χ0v) is 15.6. The minimum Gasteiger partial charge on any atom is -0.358 e. The summed E-state index contributed by atoms with van der Waals surface area (Å²) < 4.78 is 13.4. The second kappa shape index (κ2) is 8.06. The molecule has 1 saturated carbocycles. The van der Waals surface area contributed by atoms with Gasteiger partial charge in [0, 0.05) is 10.5 Å². The molecule has 1 amide bonds. The lowest BCUT2D eigenvalue weighted by molar-refractivity contribution is 0.0942. The molecule has 3 atom stereocenters. The molecule has 7 heteroatoms. The summed E-state index contributed by atoms with van der Waals surface area (Å²) in [5.74, 6) is 0.407. The Morgan fingerprint density at radius 3 is 2.74 bits per heavy atom. The summed E-state index contributed by atoms with van der Waals surface area (Å²) in [4.78, 5) is 12.1. The first-order valence-corrected chi connectivity index (χ1v) is 8.90. The van der Waals surface area contributed by atoms with Crippen molar-refractivity contribution in [1.82, 2.24) is 16.2 Å². The summed E-state index contributed by atoms with van der Waals surface area (Å²) in [6, 6.07) is 4.21. The average Bonchev–Trinajstić information content (AvgIpc) is 2.49. The fourth-order valence-corrected chi connectivity index (χ4v) is 3.58. The van der Waals surface area contributed by atoms with Crippen LogP contribution in [0.25, 0.3) is 0 Å². The zero-order valence-electron chi connectivity index (χ0n) is 13.2. The molecule has 0 spiro atoms. The normalized spacial score (nSPS) is 23.9. The minimum atomic E-state index is -0.404. The van der Waals surface area contributed by atoms with Gasteiger partial charge in [-0.1, -0.05) is 26.7 Å². The number of rotatable bonds is 2. The second-order valence-electron chi connectivity index (χ2n) is 6.05. The fourth-order valence-electron chi connectivity index (χ4n) is 2.84. The van der Waals surface area contributed by atoms with Gasteiger partial charge in [-0.15, -0.1) is 0 Å². The summed E-state index contributed by atoms with van der Waals surface area (Å²) in [6.07, 6.45) is 3.50. The molecule has 0 radical (unpaired) electrons. The van der Waals surface area contributed by atoms with Gasteiger partial charge in [0.25, 0.3) is 5.91 Å². The molecule has 2 rings (SSSR count). The first kappa shape index (κ1) is 18.1. The van der Waals surface area contributed by atoms with Crippen molar-refractivity contribution in [2.75, 3.05) is 0 Å². The summed E-state index contributed by atoms with van der Waals surface area (Å²) in [5.41, 5.74) is 5.58. The van der Waals surface area contributed by atoms with E-state index in [0.29, 0.717) is 33.0 Å². The number of halogens is 2. The lowest BCUT2D eigenvalue weighted by Gasteiger charge is -2.35. The van der Waals surface area contributed by atoms with Crippen LogP contribution in [0.1, 0.15) is 43.5 Å². The van der Waals surface area contributed by atoms with Crippen LogP contribution in [0.2, 0.25) is 0 Å². The lowest BCUT2D eigenvalue weighted by atomic mass is 9.78. The molecular weight excluding hydrogens is 381 g/mol. The number of hydrogen-bond donors (Lipinski definition) is 3. The van der Waals surface area contributed by atoms with Crippen molar-refractivity contribution in [1.29, 1.82) is 0 Å². The number of benzene rings is 1. The van der Waals surface area contributed by atoms with Crippen LogP contribution >= 0.6 is 28.1 Å². The van der Waals surface area contributed by atoms with Crippen LogP contribution in [0, 0.1) is 17.7 Å². The Labute approximate surface area is 149 Å². The molecule has 126 valence electrons. The van der Waals surface area contributed by atoms with E-state index in [4.69, 9.17) is 12.2 Å². The van der Waals surface area contributed by atoms with E-state index in [1.807, 2.05) is 0 Å². The summed E-state index contributed by atoms with van der Waals surface area (Å²) >= 11 is 8.41. The Bertz CT molecular complexity index is 599.